The molecular formula is C20H28FN5O3S. The number of benzene rings is 1. The van der Waals surface area contributed by atoms with E-state index < -0.39 is 17.8 Å². The zero-order chi connectivity index (χ0) is 22.3. The van der Waals surface area contributed by atoms with Gasteiger partial charge in [0.1, 0.15) is 23.0 Å². The molecule has 0 radical (unpaired) electrons. The maximum atomic E-state index is 14.2. The average molecular weight is 438 g/mol. The Hall–Kier alpha value is -2.72. The molecule has 2 aromatic rings. The summed E-state index contributed by atoms with van der Waals surface area (Å²) in [5.41, 5.74) is 7.31. The van der Waals surface area contributed by atoms with Crippen LogP contribution in [0.15, 0.2) is 12.1 Å². The normalized spacial score (nSPS) is 10.9. The van der Waals surface area contributed by atoms with Gasteiger partial charge in [-0.1, -0.05) is 19.9 Å². The van der Waals surface area contributed by atoms with Crippen molar-refractivity contribution in [1.29, 1.82) is 0 Å². The number of carbonyl (C=O) groups excluding carboxylic acids is 2. The Morgan fingerprint density at radius 3 is 2.63 bits per heavy atom. The zero-order valence-electron chi connectivity index (χ0n) is 17.6. The standard InChI is InChI=1S/C20H28FN5O3S/c1-11(2)23-6-5-7-24-20(28)25-19-16(17(22)27)18(26-30-19)29-10-14-13(4)8-12(3)9-15(14)21/h8-9,11,23H,5-7,10H2,1-4H3,(H2,22,27)(H2,24,25,28). The lowest BCUT2D eigenvalue weighted by Gasteiger charge is -2.11. The topological polar surface area (TPSA) is 118 Å². The predicted molar refractivity (Wildman–Crippen MR) is 116 cm³/mol. The van der Waals surface area contributed by atoms with Crippen LogP contribution in [0.1, 0.15) is 47.3 Å². The number of halogens is 1. The summed E-state index contributed by atoms with van der Waals surface area (Å²) in [6.07, 6.45) is 0.757. The lowest BCUT2D eigenvalue weighted by Crippen LogP contribution is -2.32. The molecule has 8 nitrogen and oxygen atoms in total. The van der Waals surface area contributed by atoms with Crippen LogP contribution in [0.4, 0.5) is 14.2 Å². The summed E-state index contributed by atoms with van der Waals surface area (Å²) in [5, 5.41) is 8.70. The van der Waals surface area contributed by atoms with E-state index in [0.717, 1.165) is 35.6 Å². The monoisotopic (exact) mass is 437 g/mol. The van der Waals surface area contributed by atoms with Crippen LogP contribution < -0.4 is 26.4 Å². The van der Waals surface area contributed by atoms with Crippen molar-refractivity contribution >= 4 is 28.5 Å². The molecule has 0 aliphatic rings. The van der Waals surface area contributed by atoms with Crippen LogP contribution in [0.2, 0.25) is 0 Å². The molecule has 0 spiro atoms. The molecule has 0 fully saturated rings. The van der Waals surface area contributed by atoms with Crippen molar-refractivity contribution in [2.24, 2.45) is 5.73 Å². The van der Waals surface area contributed by atoms with Crippen molar-refractivity contribution < 1.29 is 18.7 Å². The fourth-order valence-corrected chi connectivity index (χ4v) is 3.51. The number of primary amides is 1. The molecule has 0 saturated heterocycles. The highest BCUT2D eigenvalue weighted by molar-refractivity contribution is 7.11. The minimum Gasteiger partial charge on any atom is -0.471 e. The van der Waals surface area contributed by atoms with Gasteiger partial charge in [0.2, 0.25) is 5.88 Å². The van der Waals surface area contributed by atoms with E-state index >= 15 is 0 Å². The van der Waals surface area contributed by atoms with Gasteiger partial charge in [-0.25, -0.2) is 9.18 Å². The summed E-state index contributed by atoms with van der Waals surface area (Å²) < 4.78 is 23.8. The number of nitrogens with two attached hydrogens (primary N) is 1. The minimum atomic E-state index is -0.795. The summed E-state index contributed by atoms with van der Waals surface area (Å²) >= 11 is 0.873. The first kappa shape index (κ1) is 23.6. The molecule has 3 amide bonds. The number of aryl methyl sites for hydroxylation is 2. The van der Waals surface area contributed by atoms with E-state index in [-0.39, 0.29) is 23.1 Å². The van der Waals surface area contributed by atoms with Crippen molar-refractivity contribution in [2.45, 2.75) is 46.8 Å². The van der Waals surface area contributed by atoms with E-state index in [2.05, 4.69) is 20.3 Å². The number of amides is 3. The second kappa shape index (κ2) is 10.9. The molecule has 164 valence electrons. The third kappa shape index (κ3) is 6.67. The van der Waals surface area contributed by atoms with Crippen molar-refractivity contribution in [2.75, 3.05) is 18.4 Å². The smallest absolute Gasteiger partial charge is 0.319 e. The second-order valence-corrected chi connectivity index (χ2v) is 8.00. The maximum absolute atomic E-state index is 14.2. The molecule has 0 unspecified atom stereocenters. The first-order chi connectivity index (χ1) is 14.2. The Morgan fingerprint density at radius 1 is 1.27 bits per heavy atom. The Bertz CT molecular complexity index is 878. The first-order valence-corrected chi connectivity index (χ1v) is 10.4. The van der Waals surface area contributed by atoms with Crippen LogP contribution in [-0.4, -0.2) is 35.4 Å². The van der Waals surface area contributed by atoms with Gasteiger partial charge in [0.15, 0.2) is 0 Å². The first-order valence-electron chi connectivity index (χ1n) is 9.65. The van der Waals surface area contributed by atoms with Gasteiger partial charge in [-0.15, -0.1) is 0 Å². The summed E-state index contributed by atoms with van der Waals surface area (Å²) in [4.78, 5) is 24.0. The molecule has 0 bridgehead atoms. The number of nitrogens with one attached hydrogen (secondary N) is 3. The number of hydrogen-bond donors (Lipinski definition) is 4. The molecule has 5 N–H and O–H groups in total. The third-order valence-electron chi connectivity index (χ3n) is 4.24. The SMILES string of the molecule is Cc1cc(C)c(COc2nsc(NC(=O)NCCCNC(C)C)c2C(N)=O)c(F)c1. The Balaban J connectivity index is 2.00. The molecule has 0 aliphatic carbocycles. The van der Waals surface area contributed by atoms with Crippen LogP contribution in [-0.2, 0) is 6.61 Å². The van der Waals surface area contributed by atoms with Crippen molar-refractivity contribution in [3.8, 4) is 5.88 Å². The second-order valence-electron chi connectivity index (χ2n) is 7.23. The van der Waals surface area contributed by atoms with Crippen LogP contribution >= 0.6 is 11.5 Å². The van der Waals surface area contributed by atoms with Crippen molar-refractivity contribution in [3.63, 3.8) is 0 Å². The number of urea groups is 1. The molecule has 1 aromatic heterocycles. The van der Waals surface area contributed by atoms with E-state index in [9.17, 15) is 14.0 Å². The number of nitrogens with zero attached hydrogens (tertiary/aromatic N) is 1. The van der Waals surface area contributed by atoms with E-state index in [1.807, 2.05) is 19.9 Å². The largest absolute Gasteiger partial charge is 0.471 e. The molecule has 1 heterocycles. The quantitative estimate of drug-likeness (QED) is 0.426. The van der Waals surface area contributed by atoms with Gasteiger partial charge in [-0.2, -0.15) is 4.37 Å². The van der Waals surface area contributed by atoms with Gasteiger partial charge >= 0.3 is 6.03 Å². The summed E-state index contributed by atoms with van der Waals surface area (Å²) in [6, 6.07) is 3.16. The lowest BCUT2D eigenvalue weighted by molar-refractivity contribution is 0.0996. The van der Waals surface area contributed by atoms with Gasteiger partial charge in [0, 0.05) is 18.2 Å². The van der Waals surface area contributed by atoms with Gasteiger partial charge in [0.05, 0.1) is 0 Å². The minimum absolute atomic E-state index is 0.0386. The van der Waals surface area contributed by atoms with E-state index in [1.54, 1.807) is 13.8 Å². The Labute approximate surface area is 179 Å². The van der Waals surface area contributed by atoms with Gasteiger partial charge in [-0.05, 0) is 55.5 Å². The fraction of sp³-hybridized carbons (Fsp3) is 0.450. The summed E-state index contributed by atoms with van der Waals surface area (Å²) in [7, 11) is 0. The van der Waals surface area contributed by atoms with Crippen LogP contribution in [0.25, 0.3) is 0 Å². The number of carbonyl (C=O) groups is 2. The number of ether oxygens (including phenoxy) is 1. The molecule has 30 heavy (non-hydrogen) atoms. The van der Waals surface area contributed by atoms with Crippen LogP contribution in [0.5, 0.6) is 5.88 Å². The molecule has 0 saturated carbocycles. The van der Waals surface area contributed by atoms with Gasteiger partial charge < -0.3 is 21.1 Å². The predicted octanol–water partition coefficient (Wildman–Crippen LogP) is 3.09. The van der Waals surface area contributed by atoms with Crippen LogP contribution in [0.3, 0.4) is 0 Å². The fourth-order valence-electron chi connectivity index (χ4n) is 2.77. The van der Waals surface area contributed by atoms with Gasteiger partial charge in [-0.3, -0.25) is 10.1 Å². The molecule has 1 aromatic carbocycles. The van der Waals surface area contributed by atoms with E-state index in [1.165, 1.54) is 6.07 Å². The molecule has 0 atom stereocenters. The molecular weight excluding hydrogens is 409 g/mol. The molecule has 2 rings (SSSR count). The van der Waals surface area contributed by atoms with Crippen LogP contribution in [0, 0.1) is 19.7 Å². The van der Waals surface area contributed by atoms with Gasteiger partial charge in [0.25, 0.3) is 5.91 Å². The third-order valence-corrected chi connectivity index (χ3v) is 4.99. The average Bonchev–Trinajstić information content (AvgIpc) is 3.02. The molecule has 10 heteroatoms. The number of anilines is 1. The van der Waals surface area contributed by atoms with E-state index in [0.29, 0.717) is 18.2 Å². The highest BCUT2D eigenvalue weighted by Gasteiger charge is 2.22. The van der Waals surface area contributed by atoms with Crippen molar-refractivity contribution in [3.05, 3.63) is 40.2 Å². The highest BCUT2D eigenvalue weighted by atomic mass is 32.1. The highest BCUT2D eigenvalue weighted by Crippen LogP contribution is 2.31. The lowest BCUT2D eigenvalue weighted by atomic mass is 10.1. The Kier molecular flexibility index (Phi) is 8.55. The number of rotatable bonds is 10. The van der Waals surface area contributed by atoms with Crippen molar-refractivity contribution in [1.82, 2.24) is 15.0 Å². The summed E-state index contributed by atoms with van der Waals surface area (Å²) in [6.45, 7) is 8.79. The number of hydrogen-bond acceptors (Lipinski definition) is 6. The Morgan fingerprint density at radius 2 is 2.00 bits per heavy atom. The zero-order valence-corrected chi connectivity index (χ0v) is 18.4. The maximum Gasteiger partial charge on any atom is 0.319 e. The summed E-state index contributed by atoms with van der Waals surface area (Å²) in [5.74, 6) is -1.23. The van der Waals surface area contributed by atoms with E-state index in [4.69, 9.17) is 10.5 Å². The molecule has 0 aliphatic heterocycles. The number of aromatic nitrogens is 1.